The van der Waals surface area contributed by atoms with Gasteiger partial charge in [-0.1, -0.05) is 0 Å². The van der Waals surface area contributed by atoms with Crippen LogP contribution in [0.2, 0.25) is 0 Å². The number of anilines is 2. The highest BCUT2D eigenvalue weighted by atomic mass is 32.1. The third kappa shape index (κ3) is 3.70. The van der Waals surface area contributed by atoms with Crippen LogP contribution in [-0.4, -0.2) is 57.5 Å². The summed E-state index contributed by atoms with van der Waals surface area (Å²) in [6.07, 6.45) is 3.23. The Balaban J connectivity index is 1.59. The summed E-state index contributed by atoms with van der Waals surface area (Å²) >= 11 is 1.68. The summed E-state index contributed by atoms with van der Waals surface area (Å²) in [4.78, 5) is 29.6. The number of nitrogens with zero attached hydrogens (tertiary/aromatic N) is 5. The van der Waals surface area contributed by atoms with E-state index in [9.17, 15) is 4.79 Å². The number of piperazine rings is 1. The Labute approximate surface area is 145 Å². The Morgan fingerprint density at radius 2 is 2.12 bits per heavy atom. The number of carbonyl (C=O) groups is 1. The van der Waals surface area contributed by atoms with Crippen molar-refractivity contribution >= 4 is 28.3 Å². The minimum Gasteiger partial charge on any atom is -0.343 e. The Morgan fingerprint density at radius 1 is 1.38 bits per heavy atom. The molecule has 2 atom stereocenters. The molecule has 0 aliphatic carbocycles. The molecule has 3 rings (SSSR count). The average molecular weight is 346 g/mol. The van der Waals surface area contributed by atoms with Crippen molar-refractivity contribution < 1.29 is 4.79 Å². The fraction of sp³-hybridized carbons (Fsp3) is 0.500. The van der Waals surface area contributed by atoms with Crippen LogP contribution in [0.5, 0.6) is 0 Å². The van der Waals surface area contributed by atoms with Gasteiger partial charge in [-0.15, -0.1) is 11.3 Å². The summed E-state index contributed by atoms with van der Waals surface area (Å²) in [5.41, 5.74) is 1.06. The van der Waals surface area contributed by atoms with Gasteiger partial charge in [0.15, 0.2) is 5.13 Å². The van der Waals surface area contributed by atoms with Crippen LogP contribution in [0.3, 0.4) is 0 Å². The van der Waals surface area contributed by atoms with Crippen LogP contribution in [-0.2, 0) is 4.79 Å². The van der Waals surface area contributed by atoms with Gasteiger partial charge in [0, 0.05) is 43.4 Å². The van der Waals surface area contributed by atoms with Gasteiger partial charge in [-0.05, 0) is 26.8 Å². The molecule has 1 fully saturated rings. The van der Waals surface area contributed by atoms with E-state index in [1.54, 1.807) is 29.8 Å². The molecule has 1 saturated heterocycles. The topological polar surface area (TPSA) is 74.2 Å². The van der Waals surface area contributed by atoms with Crippen molar-refractivity contribution in [2.45, 2.75) is 32.9 Å². The summed E-state index contributed by atoms with van der Waals surface area (Å²) in [5.74, 6) is 0.270. The molecule has 1 amide bonds. The van der Waals surface area contributed by atoms with Crippen molar-refractivity contribution in [3.8, 4) is 0 Å². The lowest BCUT2D eigenvalue weighted by Gasteiger charge is -2.41. The van der Waals surface area contributed by atoms with Gasteiger partial charge < -0.3 is 4.90 Å². The van der Waals surface area contributed by atoms with E-state index in [4.69, 9.17) is 0 Å². The van der Waals surface area contributed by atoms with Crippen LogP contribution in [0.25, 0.3) is 0 Å². The first-order valence-electron chi connectivity index (χ1n) is 8.05. The molecule has 0 aromatic carbocycles. The van der Waals surface area contributed by atoms with Gasteiger partial charge in [0.25, 0.3) is 0 Å². The van der Waals surface area contributed by atoms with Gasteiger partial charge in [0.05, 0.1) is 11.7 Å². The molecule has 0 unspecified atom stereocenters. The predicted octanol–water partition coefficient (Wildman–Crippen LogP) is 1.78. The molecule has 0 radical (unpaired) electrons. The van der Waals surface area contributed by atoms with E-state index in [0.29, 0.717) is 12.0 Å². The third-order valence-electron chi connectivity index (χ3n) is 4.24. The van der Waals surface area contributed by atoms with Crippen molar-refractivity contribution in [1.82, 2.24) is 19.9 Å². The average Bonchev–Trinajstić information content (AvgIpc) is 3.01. The van der Waals surface area contributed by atoms with Crippen LogP contribution < -0.4 is 10.2 Å². The van der Waals surface area contributed by atoms with Crippen LogP contribution in [0.1, 0.15) is 19.5 Å². The van der Waals surface area contributed by atoms with Crippen molar-refractivity contribution in [2.75, 3.05) is 29.9 Å². The molecular weight excluding hydrogens is 324 g/mol. The zero-order chi connectivity index (χ0) is 17.1. The van der Waals surface area contributed by atoms with Gasteiger partial charge in [-0.2, -0.15) is 0 Å². The first-order valence-corrected chi connectivity index (χ1v) is 8.93. The fourth-order valence-electron chi connectivity index (χ4n) is 2.84. The van der Waals surface area contributed by atoms with Gasteiger partial charge in [-0.3, -0.25) is 15.0 Å². The second kappa shape index (κ2) is 7.23. The Morgan fingerprint density at radius 3 is 2.75 bits per heavy atom. The second-order valence-corrected chi connectivity index (χ2v) is 6.88. The van der Waals surface area contributed by atoms with Crippen molar-refractivity contribution in [3.05, 3.63) is 29.5 Å². The van der Waals surface area contributed by atoms with Gasteiger partial charge >= 0.3 is 0 Å². The zero-order valence-corrected chi connectivity index (χ0v) is 15.0. The van der Waals surface area contributed by atoms with E-state index in [1.165, 1.54) is 0 Å². The molecule has 1 aliphatic heterocycles. The summed E-state index contributed by atoms with van der Waals surface area (Å²) in [5, 5.41) is 5.91. The summed E-state index contributed by atoms with van der Waals surface area (Å²) in [7, 11) is 0. The summed E-state index contributed by atoms with van der Waals surface area (Å²) in [6.45, 7) is 8.63. The Hall–Kier alpha value is -2.06. The second-order valence-electron chi connectivity index (χ2n) is 6.05. The summed E-state index contributed by atoms with van der Waals surface area (Å²) in [6, 6.07) is 1.81. The number of hydrogen-bond acceptors (Lipinski definition) is 7. The van der Waals surface area contributed by atoms with Gasteiger partial charge in [-0.25, -0.2) is 15.0 Å². The highest BCUT2D eigenvalue weighted by Crippen LogP contribution is 2.25. The molecule has 1 aliphatic rings. The molecule has 7 nitrogen and oxygen atoms in total. The number of aryl methyl sites for hydroxylation is 1. The molecule has 0 spiro atoms. The molecule has 0 bridgehead atoms. The normalized spacial score (nSPS) is 20.0. The Bertz CT molecular complexity index is 691. The van der Waals surface area contributed by atoms with E-state index in [2.05, 4.69) is 42.4 Å². The fourth-order valence-corrected chi connectivity index (χ4v) is 3.77. The highest BCUT2D eigenvalue weighted by molar-refractivity contribution is 7.13. The quantitative estimate of drug-likeness (QED) is 0.910. The van der Waals surface area contributed by atoms with E-state index >= 15 is 0 Å². The van der Waals surface area contributed by atoms with Crippen LogP contribution in [0.15, 0.2) is 23.8 Å². The molecule has 8 heteroatoms. The number of aromatic nitrogens is 3. The summed E-state index contributed by atoms with van der Waals surface area (Å²) < 4.78 is 0. The van der Waals surface area contributed by atoms with Crippen LogP contribution in [0, 0.1) is 6.92 Å². The number of carbonyl (C=O) groups excluding carboxylic acids is 1. The first kappa shape index (κ1) is 16.8. The number of hydrogen-bond donors (Lipinski definition) is 1. The number of rotatable bonds is 4. The Kier molecular flexibility index (Phi) is 5.06. The molecular formula is C16H22N6OS. The molecule has 0 saturated carbocycles. The van der Waals surface area contributed by atoms with Crippen molar-refractivity contribution in [2.24, 2.45) is 0 Å². The lowest BCUT2D eigenvalue weighted by atomic mass is 10.1. The van der Waals surface area contributed by atoms with Gasteiger partial charge in [0.1, 0.15) is 0 Å². The maximum atomic E-state index is 12.4. The lowest BCUT2D eigenvalue weighted by Crippen LogP contribution is -2.56. The van der Waals surface area contributed by atoms with E-state index in [0.717, 1.165) is 30.5 Å². The number of thiazole rings is 1. The SMILES string of the molecule is Cc1csc(N2CCN([C@@H](C)C(=O)Nc3ncccn3)C[C@@H]2C)n1. The third-order valence-corrected chi connectivity index (χ3v) is 5.24. The minimum absolute atomic E-state index is 0.0769. The molecule has 24 heavy (non-hydrogen) atoms. The van der Waals surface area contributed by atoms with E-state index in [1.807, 2.05) is 13.8 Å². The maximum absolute atomic E-state index is 12.4. The minimum atomic E-state index is -0.226. The smallest absolute Gasteiger partial charge is 0.243 e. The van der Waals surface area contributed by atoms with Crippen LogP contribution in [0.4, 0.5) is 11.1 Å². The van der Waals surface area contributed by atoms with E-state index in [-0.39, 0.29) is 11.9 Å². The molecule has 128 valence electrons. The number of nitrogens with one attached hydrogen (secondary N) is 1. The molecule has 3 heterocycles. The number of amides is 1. The monoisotopic (exact) mass is 346 g/mol. The largest absolute Gasteiger partial charge is 0.343 e. The first-order chi connectivity index (χ1) is 11.5. The molecule has 2 aromatic rings. The standard InChI is InChI=1S/C16H22N6OS/c1-11-10-24-16(19-11)22-8-7-21(9-12(22)2)13(3)14(23)20-15-17-5-4-6-18-15/h4-6,10,12-13H,7-9H2,1-3H3,(H,17,18,20,23)/t12-,13-/m0/s1. The maximum Gasteiger partial charge on any atom is 0.243 e. The zero-order valence-electron chi connectivity index (χ0n) is 14.1. The molecule has 2 aromatic heterocycles. The lowest BCUT2D eigenvalue weighted by molar-refractivity contribution is -0.121. The van der Waals surface area contributed by atoms with Gasteiger partial charge in [0.2, 0.25) is 11.9 Å². The van der Waals surface area contributed by atoms with Crippen LogP contribution >= 0.6 is 11.3 Å². The van der Waals surface area contributed by atoms with Crippen molar-refractivity contribution in [1.29, 1.82) is 0 Å². The highest BCUT2D eigenvalue weighted by Gasteiger charge is 2.30. The van der Waals surface area contributed by atoms with E-state index < -0.39 is 0 Å². The van der Waals surface area contributed by atoms with Crippen molar-refractivity contribution in [3.63, 3.8) is 0 Å². The predicted molar refractivity (Wildman–Crippen MR) is 95.4 cm³/mol. The molecule has 1 N–H and O–H groups in total.